The first-order chi connectivity index (χ1) is 9.81. The third-order valence-electron chi connectivity index (χ3n) is 4.34. The molecule has 4 heteroatoms. The van der Waals surface area contributed by atoms with E-state index >= 15 is 0 Å². The van der Waals surface area contributed by atoms with E-state index in [1.807, 2.05) is 0 Å². The lowest BCUT2D eigenvalue weighted by molar-refractivity contribution is 0.117. The quantitative estimate of drug-likeness (QED) is 0.861. The average Bonchev–Trinajstić information content (AvgIpc) is 2.88. The van der Waals surface area contributed by atoms with E-state index in [1.165, 1.54) is 5.56 Å². The molecule has 0 spiro atoms. The summed E-state index contributed by atoms with van der Waals surface area (Å²) in [5.41, 5.74) is 1.39. The van der Waals surface area contributed by atoms with Crippen LogP contribution in [0.3, 0.4) is 0 Å². The van der Waals surface area contributed by atoms with Gasteiger partial charge in [-0.25, -0.2) is 0 Å². The fourth-order valence-corrected chi connectivity index (χ4v) is 3.10. The number of rotatable bonds is 4. The molecule has 2 unspecified atom stereocenters. The number of aliphatic hydroxyl groups is 1. The largest absolute Gasteiger partial charge is 0.389 e. The maximum atomic E-state index is 9.77. The normalized spacial score (nSPS) is 28.9. The molecule has 0 aromatic heterocycles. The molecular weight excluding hydrogens is 252 g/mol. The van der Waals surface area contributed by atoms with E-state index in [0.717, 1.165) is 32.5 Å². The Kier molecular flexibility index (Phi) is 4.68. The third-order valence-corrected chi connectivity index (χ3v) is 4.34. The molecule has 0 saturated carbocycles. The Hall–Kier alpha value is -0.940. The number of nitrogens with one attached hydrogen (secondary N) is 1. The SMILES string of the molecule is OC1COCC1NC1CCN(Cc2ccccc2)CC1. The minimum Gasteiger partial charge on any atom is -0.389 e. The second-order valence-electron chi connectivity index (χ2n) is 5.91. The first kappa shape index (κ1) is 14.0. The van der Waals surface area contributed by atoms with Gasteiger partial charge in [-0.3, -0.25) is 4.90 Å². The molecule has 3 rings (SSSR count). The molecule has 0 bridgehead atoms. The van der Waals surface area contributed by atoms with Crippen LogP contribution in [-0.2, 0) is 11.3 Å². The second-order valence-corrected chi connectivity index (χ2v) is 5.91. The van der Waals surface area contributed by atoms with Crippen LogP contribution in [0, 0.1) is 0 Å². The molecule has 1 aromatic rings. The molecule has 0 aliphatic carbocycles. The van der Waals surface area contributed by atoms with Crippen molar-refractivity contribution in [1.82, 2.24) is 10.2 Å². The lowest BCUT2D eigenvalue weighted by Gasteiger charge is -2.34. The maximum absolute atomic E-state index is 9.77. The van der Waals surface area contributed by atoms with Crippen molar-refractivity contribution in [2.75, 3.05) is 26.3 Å². The second kappa shape index (κ2) is 6.68. The molecule has 2 heterocycles. The summed E-state index contributed by atoms with van der Waals surface area (Å²) in [4.78, 5) is 2.51. The lowest BCUT2D eigenvalue weighted by Crippen LogP contribution is -2.49. The molecule has 2 aliphatic heterocycles. The molecule has 4 nitrogen and oxygen atoms in total. The fraction of sp³-hybridized carbons (Fsp3) is 0.625. The Morgan fingerprint density at radius 2 is 1.90 bits per heavy atom. The van der Waals surface area contributed by atoms with Crippen LogP contribution in [0.5, 0.6) is 0 Å². The van der Waals surface area contributed by atoms with E-state index in [4.69, 9.17) is 4.74 Å². The van der Waals surface area contributed by atoms with Crippen molar-refractivity contribution >= 4 is 0 Å². The van der Waals surface area contributed by atoms with Gasteiger partial charge in [0, 0.05) is 12.6 Å². The first-order valence-electron chi connectivity index (χ1n) is 7.59. The average molecular weight is 276 g/mol. The summed E-state index contributed by atoms with van der Waals surface area (Å²) in [6.45, 7) is 4.41. The van der Waals surface area contributed by atoms with Gasteiger partial charge in [-0.15, -0.1) is 0 Å². The van der Waals surface area contributed by atoms with Crippen LogP contribution in [0.25, 0.3) is 0 Å². The van der Waals surface area contributed by atoms with Crippen molar-refractivity contribution in [3.8, 4) is 0 Å². The number of aliphatic hydroxyl groups excluding tert-OH is 1. The molecule has 2 aliphatic rings. The molecule has 110 valence electrons. The first-order valence-corrected chi connectivity index (χ1v) is 7.59. The summed E-state index contributed by atoms with van der Waals surface area (Å²) >= 11 is 0. The van der Waals surface area contributed by atoms with Gasteiger partial charge in [-0.2, -0.15) is 0 Å². The summed E-state index contributed by atoms with van der Waals surface area (Å²) in [7, 11) is 0. The zero-order valence-corrected chi connectivity index (χ0v) is 11.9. The molecule has 20 heavy (non-hydrogen) atoms. The highest BCUT2D eigenvalue weighted by molar-refractivity contribution is 5.14. The number of piperidine rings is 1. The Bertz CT molecular complexity index is 404. The van der Waals surface area contributed by atoms with Gasteiger partial charge in [-0.1, -0.05) is 30.3 Å². The minimum absolute atomic E-state index is 0.126. The number of hydrogen-bond acceptors (Lipinski definition) is 4. The maximum Gasteiger partial charge on any atom is 0.0948 e. The van der Waals surface area contributed by atoms with Crippen LogP contribution < -0.4 is 5.32 Å². The predicted molar refractivity (Wildman–Crippen MR) is 78.5 cm³/mol. The Balaban J connectivity index is 1.43. The van der Waals surface area contributed by atoms with Crippen LogP contribution >= 0.6 is 0 Å². The summed E-state index contributed by atoms with van der Waals surface area (Å²) in [5.74, 6) is 0. The highest BCUT2D eigenvalue weighted by atomic mass is 16.5. The van der Waals surface area contributed by atoms with Gasteiger partial charge in [0.25, 0.3) is 0 Å². The van der Waals surface area contributed by atoms with Crippen molar-refractivity contribution in [1.29, 1.82) is 0 Å². The van der Waals surface area contributed by atoms with Crippen LogP contribution in [0.4, 0.5) is 0 Å². The van der Waals surface area contributed by atoms with E-state index in [2.05, 4.69) is 40.5 Å². The van der Waals surface area contributed by atoms with Gasteiger partial charge < -0.3 is 15.2 Å². The molecule has 0 radical (unpaired) electrons. The number of benzene rings is 1. The van der Waals surface area contributed by atoms with Crippen molar-refractivity contribution in [3.05, 3.63) is 35.9 Å². The van der Waals surface area contributed by atoms with Crippen LogP contribution in [-0.4, -0.2) is 54.5 Å². The summed E-state index contributed by atoms with van der Waals surface area (Å²) in [6.07, 6.45) is 1.96. The van der Waals surface area contributed by atoms with Crippen LogP contribution in [0.1, 0.15) is 18.4 Å². The number of hydrogen-bond donors (Lipinski definition) is 2. The van der Waals surface area contributed by atoms with Crippen molar-refractivity contribution < 1.29 is 9.84 Å². The van der Waals surface area contributed by atoms with Crippen LogP contribution in [0.2, 0.25) is 0 Å². The number of ether oxygens (including phenoxy) is 1. The zero-order valence-electron chi connectivity index (χ0n) is 11.9. The standard InChI is InChI=1S/C16H24N2O2/c19-16-12-20-11-15(16)17-14-6-8-18(9-7-14)10-13-4-2-1-3-5-13/h1-5,14-17,19H,6-12H2. The monoisotopic (exact) mass is 276 g/mol. The summed E-state index contributed by atoms with van der Waals surface area (Å²) < 4.78 is 5.29. The van der Waals surface area contributed by atoms with E-state index in [-0.39, 0.29) is 12.1 Å². The Labute approximate surface area is 120 Å². The molecule has 2 fully saturated rings. The lowest BCUT2D eigenvalue weighted by atomic mass is 10.0. The number of likely N-dealkylation sites (tertiary alicyclic amines) is 1. The smallest absolute Gasteiger partial charge is 0.0948 e. The van der Waals surface area contributed by atoms with Crippen LogP contribution in [0.15, 0.2) is 30.3 Å². The van der Waals surface area contributed by atoms with E-state index in [0.29, 0.717) is 19.3 Å². The van der Waals surface area contributed by atoms with Crippen molar-refractivity contribution in [3.63, 3.8) is 0 Å². The highest BCUT2D eigenvalue weighted by Gasteiger charge is 2.29. The van der Waals surface area contributed by atoms with E-state index in [1.54, 1.807) is 0 Å². The molecular formula is C16H24N2O2. The summed E-state index contributed by atoms with van der Waals surface area (Å²) in [5, 5.41) is 13.3. The number of nitrogens with zero attached hydrogens (tertiary/aromatic N) is 1. The molecule has 1 aromatic carbocycles. The Morgan fingerprint density at radius 1 is 1.15 bits per heavy atom. The van der Waals surface area contributed by atoms with Gasteiger partial charge >= 0.3 is 0 Å². The van der Waals surface area contributed by atoms with E-state index < -0.39 is 0 Å². The minimum atomic E-state index is -0.336. The topological polar surface area (TPSA) is 44.7 Å². The van der Waals surface area contributed by atoms with Crippen molar-refractivity contribution in [2.24, 2.45) is 0 Å². The molecule has 0 amide bonds. The predicted octanol–water partition coefficient (Wildman–Crippen LogP) is 1.00. The highest BCUT2D eigenvalue weighted by Crippen LogP contribution is 2.16. The van der Waals surface area contributed by atoms with Gasteiger partial charge in [0.15, 0.2) is 0 Å². The van der Waals surface area contributed by atoms with Crippen molar-refractivity contribution in [2.45, 2.75) is 37.6 Å². The van der Waals surface area contributed by atoms with Gasteiger partial charge in [0.05, 0.1) is 25.4 Å². The molecule has 2 N–H and O–H groups in total. The third kappa shape index (κ3) is 3.58. The molecule has 2 saturated heterocycles. The van der Waals surface area contributed by atoms with Gasteiger partial charge in [0.1, 0.15) is 0 Å². The van der Waals surface area contributed by atoms with Gasteiger partial charge in [-0.05, 0) is 31.5 Å². The Morgan fingerprint density at radius 3 is 2.55 bits per heavy atom. The van der Waals surface area contributed by atoms with Gasteiger partial charge in [0.2, 0.25) is 0 Å². The zero-order chi connectivity index (χ0) is 13.8. The van der Waals surface area contributed by atoms with E-state index in [9.17, 15) is 5.11 Å². The summed E-state index contributed by atoms with van der Waals surface area (Å²) in [6, 6.07) is 11.3. The molecule has 2 atom stereocenters. The fourth-order valence-electron chi connectivity index (χ4n) is 3.10.